The molecule has 0 radical (unpaired) electrons. The molecule has 0 aliphatic heterocycles. The van der Waals surface area contributed by atoms with E-state index in [9.17, 15) is 4.79 Å². The number of carbonyl (C=O) groups excluding carboxylic acids is 1. The predicted molar refractivity (Wildman–Crippen MR) is 90.6 cm³/mol. The number of carbonyl (C=O) groups is 1. The first-order valence-corrected chi connectivity index (χ1v) is 7.26. The number of esters is 1. The SMILES string of the molecule is C=CC(=O)Oc1c(OCCOC)cccc1Oc1ccc(N)cc1. The van der Waals surface area contributed by atoms with E-state index in [0.29, 0.717) is 36.1 Å². The van der Waals surface area contributed by atoms with Crippen molar-refractivity contribution in [3.63, 3.8) is 0 Å². The lowest BCUT2D eigenvalue weighted by atomic mass is 10.2. The number of hydrogen-bond donors (Lipinski definition) is 1. The van der Waals surface area contributed by atoms with Crippen molar-refractivity contribution in [1.82, 2.24) is 0 Å². The molecular weight excluding hydrogens is 310 g/mol. The zero-order valence-electron chi connectivity index (χ0n) is 13.4. The fraction of sp³-hybridized carbons (Fsp3) is 0.167. The maximum Gasteiger partial charge on any atom is 0.335 e. The van der Waals surface area contributed by atoms with E-state index < -0.39 is 5.97 Å². The second kappa shape index (κ2) is 8.59. The van der Waals surface area contributed by atoms with Gasteiger partial charge in [0.2, 0.25) is 5.75 Å². The molecule has 6 heteroatoms. The van der Waals surface area contributed by atoms with Gasteiger partial charge in [-0.25, -0.2) is 4.79 Å². The lowest BCUT2D eigenvalue weighted by Gasteiger charge is -2.15. The van der Waals surface area contributed by atoms with Crippen LogP contribution in [-0.2, 0) is 9.53 Å². The van der Waals surface area contributed by atoms with Gasteiger partial charge in [0.15, 0.2) is 11.5 Å². The first-order valence-electron chi connectivity index (χ1n) is 7.26. The number of para-hydroxylation sites is 1. The third-order valence-corrected chi connectivity index (χ3v) is 2.97. The quantitative estimate of drug-likeness (QED) is 0.263. The van der Waals surface area contributed by atoms with E-state index in [1.807, 2.05) is 0 Å². The van der Waals surface area contributed by atoms with E-state index in [1.54, 1.807) is 49.6 Å². The molecule has 0 aromatic heterocycles. The molecule has 0 saturated heterocycles. The summed E-state index contributed by atoms with van der Waals surface area (Å²) >= 11 is 0. The summed E-state index contributed by atoms with van der Waals surface area (Å²) < 4.78 is 21.6. The number of nitrogens with two attached hydrogens (primary N) is 1. The lowest BCUT2D eigenvalue weighted by Crippen LogP contribution is -2.09. The summed E-state index contributed by atoms with van der Waals surface area (Å²) in [6.07, 6.45) is 1.07. The van der Waals surface area contributed by atoms with Gasteiger partial charge in [-0.15, -0.1) is 0 Å². The number of nitrogen functional groups attached to an aromatic ring is 1. The summed E-state index contributed by atoms with van der Waals surface area (Å²) in [7, 11) is 1.57. The van der Waals surface area contributed by atoms with Gasteiger partial charge in [0.05, 0.1) is 6.61 Å². The fourth-order valence-corrected chi connectivity index (χ4v) is 1.83. The van der Waals surface area contributed by atoms with Gasteiger partial charge in [-0.2, -0.15) is 0 Å². The molecule has 2 rings (SSSR count). The largest absolute Gasteiger partial charge is 0.487 e. The lowest BCUT2D eigenvalue weighted by molar-refractivity contribution is -0.129. The number of rotatable bonds is 8. The molecule has 0 heterocycles. The number of hydrogen-bond acceptors (Lipinski definition) is 6. The monoisotopic (exact) mass is 329 g/mol. The summed E-state index contributed by atoms with van der Waals surface area (Å²) in [6.45, 7) is 4.10. The van der Waals surface area contributed by atoms with Gasteiger partial charge in [0.25, 0.3) is 0 Å². The van der Waals surface area contributed by atoms with Crippen molar-refractivity contribution in [3.8, 4) is 23.0 Å². The number of benzene rings is 2. The molecule has 2 aromatic carbocycles. The molecule has 0 fully saturated rings. The second-order valence-corrected chi connectivity index (χ2v) is 4.72. The molecule has 0 aliphatic rings. The summed E-state index contributed by atoms with van der Waals surface area (Å²) in [5.74, 6) is 0.824. The van der Waals surface area contributed by atoms with Crippen LogP contribution in [0.1, 0.15) is 0 Å². The van der Waals surface area contributed by atoms with Crippen molar-refractivity contribution in [2.24, 2.45) is 0 Å². The van der Waals surface area contributed by atoms with Crippen molar-refractivity contribution in [2.75, 3.05) is 26.1 Å². The van der Waals surface area contributed by atoms with Crippen molar-refractivity contribution in [3.05, 3.63) is 55.1 Å². The number of anilines is 1. The van der Waals surface area contributed by atoms with Crippen molar-refractivity contribution in [2.45, 2.75) is 0 Å². The van der Waals surface area contributed by atoms with Gasteiger partial charge in [-0.05, 0) is 36.4 Å². The third kappa shape index (κ3) is 4.76. The molecule has 24 heavy (non-hydrogen) atoms. The Hall–Kier alpha value is -2.99. The van der Waals surface area contributed by atoms with Crippen LogP contribution < -0.4 is 19.9 Å². The van der Waals surface area contributed by atoms with E-state index in [1.165, 1.54) is 0 Å². The minimum absolute atomic E-state index is 0.176. The average Bonchev–Trinajstić information content (AvgIpc) is 2.59. The zero-order valence-corrected chi connectivity index (χ0v) is 13.4. The van der Waals surface area contributed by atoms with E-state index in [0.717, 1.165) is 6.08 Å². The Bertz CT molecular complexity index is 697. The highest BCUT2D eigenvalue weighted by atomic mass is 16.6. The van der Waals surface area contributed by atoms with Gasteiger partial charge in [0, 0.05) is 18.9 Å². The molecule has 2 aromatic rings. The van der Waals surface area contributed by atoms with Crippen LogP contribution in [0.15, 0.2) is 55.1 Å². The minimum atomic E-state index is -0.611. The Morgan fingerprint density at radius 1 is 1.12 bits per heavy atom. The first kappa shape index (κ1) is 17.4. The van der Waals surface area contributed by atoms with Gasteiger partial charge in [-0.1, -0.05) is 12.6 Å². The Labute approximate surface area is 140 Å². The van der Waals surface area contributed by atoms with Gasteiger partial charge in [0.1, 0.15) is 12.4 Å². The molecule has 2 N–H and O–H groups in total. The molecular formula is C18H19NO5. The molecule has 0 unspecified atom stereocenters. The smallest absolute Gasteiger partial charge is 0.335 e. The van der Waals surface area contributed by atoms with Crippen LogP contribution in [0.4, 0.5) is 5.69 Å². The van der Waals surface area contributed by atoms with Crippen LogP contribution in [0.5, 0.6) is 23.0 Å². The normalized spacial score (nSPS) is 10.0. The van der Waals surface area contributed by atoms with Crippen LogP contribution in [-0.4, -0.2) is 26.3 Å². The highest BCUT2D eigenvalue weighted by Crippen LogP contribution is 2.39. The third-order valence-electron chi connectivity index (χ3n) is 2.97. The molecule has 0 bridgehead atoms. The molecule has 0 spiro atoms. The van der Waals surface area contributed by atoms with Crippen LogP contribution in [0.25, 0.3) is 0 Å². The molecule has 0 amide bonds. The van der Waals surface area contributed by atoms with Gasteiger partial charge >= 0.3 is 5.97 Å². The Morgan fingerprint density at radius 3 is 2.50 bits per heavy atom. The first-order chi connectivity index (χ1) is 11.6. The van der Waals surface area contributed by atoms with Gasteiger partial charge in [-0.3, -0.25) is 0 Å². The number of methoxy groups -OCH3 is 1. The van der Waals surface area contributed by atoms with Gasteiger partial charge < -0.3 is 24.7 Å². The van der Waals surface area contributed by atoms with Crippen LogP contribution in [0, 0.1) is 0 Å². The van der Waals surface area contributed by atoms with E-state index >= 15 is 0 Å². The highest BCUT2D eigenvalue weighted by Gasteiger charge is 2.16. The van der Waals surface area contributed by atoms with Crippen LogP contribution >= 0.6 is 0 Å². The maximum absolute atomic E-state index is 11.6. The maximum atomic E-state index is 11.6. The van der Waals surface area contributed by atoms with Crippen LogP contribution in [0.2, 0.25) is 0 Å². The summed E-state index contributed by atoms with van der Waals surface area (Å²) in [6, 6.07) is 11.9. The summed E-state index contributed by atoms with van der Waals surface area (Å²) in [5, 5.41) is 0. The predicted octanol–water partition coefficient (Wildman–Crippen LogP) is 3.18. The van der Waals surface area contributed by atoms with Crippen molar-refractivity contribution >= 4 is 11.7 Å². The summed E-state index contributed by atoms with van der Waals surface area (Å²) in [5.41, 5.74) is 6.28. The molecule has 0 atom stereocenters. The Kier molecular flexibility index (Phi) is 6.22. The Balaban J connectivity index is 2.29. The highest BCUT2D eigenvalue weighted by molar-refractivity contribution is 5.84. The topological polar surface area (TPSA) is 80.0 Å². The van der Waals surface area contributed by atoms with E-state index in [4.69, 9.17) is 24.7 Å². The van der Waals surface area contributed by atoms with Crippen LogP contribution in [0.3, 0.4) is 0 Å². The zero-order chi connectivity index (χ0) is 17.4. The average molecular weight is 329 g/mol. The summed E-state index contributed by atoms with van der Waals surface area (Å²) in [4.78, 5) is 11.6. The fourth-order valence-electron chi connectivity index (χ4n) is 1.83. The molecule has 6 nitrogen and oxygen atoms in total. The van der Waals surface area contributed by atoms with Crippen molar-refractivity contribution < 1.29 is 23.7 Å². The van der Waals surface area contributed by atoms with E-state index in [2.05, 4.69) is 6.58 Å². The van der Waals surface area contributed by atoms with Crippen molar-refractivity contribution in [1.29, 1.82) is 0 Å². The van der Waals surface area contributed by atoms with E-state index in [-0.39, 0.29) is 5.75 Å². The second-order valence-electron chi connectivity index (χ2n) is 4.72. The number of ether oxygens (including phenoxy) is 4. The minimum Gasteiger partial charge on any atom is -0.487 e. The molecule has 0 saturated carbocycles. The standard InChI is InChI=1S/C18H19NO5/c1-3-17(20)24-18-15(22-12-11-21-2)5-4-6-16(18)23-14-9-7-13(19)8-10-14/h3-10H,1,11-12,19H2,2H3. The molecule has 0 aliphatic carbocycles. The molecule has 126 valence electrons. The Morgan fingerprint density at radius 2 is 1.83 bits per heavy atom.